The minimum atomic E-state index is -3.80. The SMILES string of the molecule is Cc1cccc(C)c1NS(=O)(=O)c1cc(-c2noc(C(=O)N3CCCC3)n2)sc1C. The molecule has 1 aromatic carbocycles. The largest absolute Gasteiger partial charge is 0.334 e. The molecule has 1 fully saturated rings. The van der Waals surface area contributed by atoms with Crippen molar-refractivity contribution >= 4 is 33.0 Å². The number of likely N-dealkylation sites (tertiary alicyclic amines) is 1. The fourth-order valence-corrected chi connectivity index (χ4v) is 6.19. The first-order chi connectivity index (χ1) is 14.3. The van der Waals surface area contributed by atoms with E-state index < -0.39 is 10.0 Å². The summed E-state index contributed by atoms with van der Waals surface area (Å²) in [6.07, 6.45) is 1.93. The lowest BCUT2D eigenvalue weighted by Gasteiger charge is -2.12. The highest BCUT2D eigenvalue weighted by Crippen LogP contribution is 2.34. The molecule has 0 radical (unpaired) electrons. The zero-order valence-electron chi connectivity index (χ0n) is 16.9. The van der Waals surface area contributed by atoms with Crippen molar-refractivity contribution in [2.45, 2.75) is 38.5 Å². The third-order valence-electron chi connectivity index (χ3n) is 5.10. The molecule has 1 amide bonds. The molecular weight excluding hydrogens is 424 g/mol. The van der Waals surface area contributed by atoms with Gasteiger partial charge in [-0.2, -0.15) is 4.98 Å². The molecule has 3 heterocycles. The number of amides is 1. The van der Waals surface area contributed by atoms with Crippen LogP contribution >= 0.6 is 11.3 Å². The second-order valence-corrected chi connectivity index (χ2v) is 10.2. The number of nitrogens with one attached hydrogen (secondary N) is 1. The number of carbonyl (C=O) groups is 1. The summed E-state index contributed by atoms with van der Waals surface area (Å²) in [6.45, 7) is 6.80. The molecule has 0 bridgehead atoms. The Balaban J connectivity index is 1.61. The van der Waals surface area contributed by atoms with Crippen molar-refractivity contribution in [3.05, 3.63) is 46.2 Å². The molecular formula is C20H22N4O4S2. The van der Waals surface area contributed by atoms with E-state index in [1.54, 1.807) is 11.8 Å². The van der Waals surface area contributed by atoms with Gasteiger partial charge in [-0.15, -0.1) is 11.3 Å². The maximum atomic E-state index is 13.0. The molecule has 0 spiro atoms. The molecule has 0 aliphatic carbocycles. The molecule has 1 saturated heterocycles. The van der Waals surface area contributed by atoms with Gasteiger partial charge in [-0.25, -0.2) is 8.42 Å². The lowest BCUT2D eigenvalue weighted by molar-refractivity contribution is 0.0743. The fourth-order valence-electron chi connectivity index (χ4n) is 3.47. The highest BCUT2D eigenvalue weighted by molar-refractivity contribution is 7.93. The van der Waals surface area contributed by atoms with E-state index >= 15 is 0 Å². The highest BCUT2D eigenvalue weighted by Gasteiger charge is 2.27. The van der Waals surface area contributed by atoms with Crippen LogP contribution in [0, 0.1) is 20.8 Å². The van der Waals surface area contributed by atoms with Crippen LogP contribution in [0.5, 0.6) is 0 Å². The van der Waals surface area contributed by atoms with Crippen LogP contribution in [0.1, 0.15) is 39.5 Å². The predicted octanol–water partition coefficient (Wildman–Crippen LogP) is 3.76. The maximum Gasteiger partial charge on any atom is 0.316 e. The van der Waals surface area contributed by atoms with Gasteiger partial charge in [-0.1, -0.05) is 23.4 Å². The van der Waals surface area contributed by atoms with Crippen LogP contribution in [-0.2, 0) is 10.0 Å². The van der Waals surface area contributed by atoms with Crippen LogP contribution in [0.15, 0.2) is 33.7 Å². The van der Waals surface area contributed by atoms with E-state index in [-0.39, 0.29) is 22.5 Å². The van der Waals surface area contributed by atoms with Crippen molar-refractivity contribution in [2.24, 2.45) is 0 Å². The van der Waals surface area contributed by atoms with E-state index in [0.29, 0.717) is 28.5 Å². The zero-order valence-corrected chi connectivity index (χ0v) is 18.6. The summed E-state index contributed by atoms with van der Waals surface area (Å²) in [5, 5.41) is 3.89. The molecule has 10 heteroatoms. The Hall–Kier alpha value is -2.72. The molecule has 0 saturated carbocycles. The van der Waals surface area contributed by atoms with Gasteiger partial charge < -0.3 is 9.42 Å². The standard InChI is InChI=1S/C20H22N4O4S2/c1-12-7-6-8-13(2)17(12)23-30(26,27)16-11-15(29-14(16)3)18-21-19(28-22-18)20(25)24-9-4-5-10-24/h6-8,11,23H,4-5,9-10H2,1-3H3. The van der Waals surface area contributed by atoms with Gasteiger partial charge in [0.2, 0.25) is 5.82 Å². The number of hydrogen-bond donors (Lipinski definition) is 1. The van der Waals surface area contributed by atoms with Crippen molar-refractivity contribution in [1.82, 2.24) is 15.0 Å². The number of benzene rings is 1. The number of aromatic nitrogens is 2. The Labute approximate surface area is 179 Å². The van der Waals surface area contributed by atoms with Crippen LogP contribution in [-0.4, -0.2) is 42.5 Å². The Morgan fingerprint density at radius 1 is 1.17 bits per heavy atom. The van der Waals surface area contributed by atoms with Crippen molar-refractivity contribution < 1.29 is 17.7 Å². The van der Waals surface area contributed by atoms with Crippen molar-refractivity contribution in [2.75, 3.05) is 17.8 Å². The number of thiophene rings is 1. The van der Waals surface area contributed by atoms with E-state index in [9.17, 15) is 13.2 Å². The van der Waals surface area contributed by atoms with E-state index in [1.165, 1.54) is 17.4 Å². The van der Waals surface area contributed by atoms with Crippen LogP contribution in [0.4, 0.5) is 5.69 Å². The van der Waals surface area contributed by atoms with Crippen molar-refractivity contribution in [1.29, 1.82) is 0 Å². The van der Waals surface area contributed by atoms with Gasteiger partial charge in [0, 0.05) is 18.0 Å². The lowest BCUT2D eigenvalue weighted by Crippen LogP contribution is -2.27. The van der Waals surface area contributed by atoms with E-state index in [0.717, 1.165) is 24.0 Å². The molecule has 0 unspecified atom stereocenters. The van der Waals surface area contributed by atoms with Crippen LogP contribution < -0.4 is 4.72 Å². The summed E-state index contributed by atoms with van der Waals surface area (Å²) in [5.74, 6) is -0.153. The van der Waals surface area contributed by atoms with Crippen molar-refractivity contribution in [3.8, 4) is 10.7 Å². The Morgan fingerprint density at radius 2 is 1.83 bits per heavy atom. The number of carbonyl (C=O) groups excluding carboxylic acids is 1. The summed E-state index contributed by atoms with van der Waals surface area (Å²) in [6, 6.07) is 7.11. The molecule has 158 valence electrons. The first-order valence-electron chi connectivity index (χ1n) is 9.59. The number of rotatable bonds is 5. The number of para-hydroxylation sites is 1. The summed E-state index contributed by atoms with van der Waals surface area (Å²) < 4.78 is 33.9. The maximum absolute atomic E-state index is 13.0. The van der Waals surface area contributed by atoms with Gasteiger partial charge in [0.1, 0.15) is 4.90 Å². The van der Waals surface area contributed by atoms with E-state index in [1.807, 2.05) is 32.0 Å². The Morgan fingerprint density at radius 3 is 2.50 bits per heavy atom. The first-order valence-corrected chi connectivity index (χ1v) is 11.9. The smallest absolute Gasteiger partial charge is 0.316 e. The molecule has 3 aromatic rings. The lowest BCUT2D eigenvalue weighted by atomic mass is 10.1. The third-order valence-corrected chi connectivity index (χ3v) is 7.75. The van der Waals surface area contributed by atoms with E-state index in [4.69, 9.17) is 4.52 Å². The van der Waals surface area contributed by atoms with Gasteiger partial charge in [0.25, 0.3) is 10.0 Å². The molecule has 1 aliphatic heterocycles. The molecule has 30 heavy (non-hydrogen) atoms. The Kier molecular flexibility index (Phi) is 5.37. The van der Waals surface area contributed by atoms with Crippen LogP contribution in [0.2, 0.25) is 0 Å². The third kappa shape index (κ3) is 3.84. The fraction of sp³-hybridized carbons (Fsp3) is 0.350. The number of sulfonamides is 1. The molecule has 4 rings (SSSR count). The number of anilines is 1. The molecule has 8 nitrogen and oxygen atoms in total. The molecule has 0 atom stereocenters. The van der Waals surface area contributed by atoms with Gasteiger partial charge in [0.15, 0.2) is 0 Å². The average molecular weight is 447 g/mol. The average Bonchev–Trinajstić information content (AvgIpc) is 3.44. The number of nitrogens with zero attached hydrogens (tertiary/aromatic N) is 3. The van der Waals surface area contributed by atoms with Gasteiger partial charge >= 0.3 is 11.8 Å². The summed E-state index contributed by atoms with van der Waals surface area (Å²) in [5.41, 5.74) is 2.26. The Bertz CT molecular complexity index is 1190. The monoisotopic (exact) mass is 446 g/mol. The predicted molar refractivity (Wildman–Crippen MR) is 114 cm³/mol. The summed E-state index contributed by atoms with van der Waals surface area (Å²) in [7, 11) is -3.80. The van der Waals surface area contributed by atoms with Crippen LogP contribution in [0.3, 0.4) is 0 Å². The zero-order chi connectivity index (χ0) is 21.5. The summed E-state index contributed by atoms with van der Waals surface area (Å²) in [4.78, 5) is 19.6. The van der Waals surface area contributed by atoms with E-state index in [2.05, 4.69) is 14.9 Å². The first kappa shape index (κ1) is 20.5. The molecule has 1 N–H and O–H groups in total. The number of hydrogen-bond acceptors (Lipinski definition) is 7. The number of aryl methyl sites for hydroxylation is 3. The van der Waals surface area contributed by atoms with Gasteiger partial charge in [-0.3, -0.25) is 9.52 Å². The van der Waals surface area contributed by atoms with Gasteiger partial charge in [0.05, 0.1) is 10.6 Å². The molecule has 1 aliphatic rings. The topological polar surface area (TPSA) is 105 Å². The van der Waals surface area contributed by atoms with Gasteiger partial charge in [-0.05, 0) is 50.8 Å². The minimum absolute atomic E-state index is 0.0731. The van der Waals surface area contributed by atoms with Crippen molar-refractivity contribution in [3.63, 3.8) is 0 Å². The second-order valence-electron chi connectivity index (χ2n) is 7.33. The highest BCUT2D eigenvalue weighted by atomic mass is 32.2. The molecule has 2 aromatic heterocycles. The minimum Gasteiger partial charge on any atom is -0.334 e. The quantitative estimate of drug-likeness (QED) is 0.640. The van der Waals surface area contributed by atoms with Crippen LogP contribution in [0.25, 0.3) is 10.7 Å². The summed E-state index contributed by atoms with van der Waals surface area (Å²) >= 11 is 1.24. The second kappa shape index (κ2) is 7.84. The normalized spacial score (nSPS) is 14.3.